The number of nitrogens with two attached hydrogens (primary N) is 1. The van der Waals surface area contributed by atoms with E-state index in [-0.39, 0.29) is 6.04 Å². The molecular formula is C9H14N2. The summed E-state index contributed by atoms with van der Waals surface area (Å²) in [5, 5.41) is 0. The van der Waals surface area contributed by atoms with Crippen LogP contribution in [-0.4, -0.2) is 4.98 Å². The van der Waals surface area contributed by atoms with Crippen molar-refractivity contribution < 1.29 is 0 Å². The van der Waals surface area contributed by atoms with E-state index < -0.39 is 0 Å². The van der Waals surface area contributed by atoms with Gasteiger partial charge in [-0.15, -0.1) is 0 Å². The van der Waals surface area contributed by atoms with Crippen LogP contribution in [-0.2, 0) is 6.42 Å². The monoisotopic (exact) mass is 150 g/mol. The predicted octanol–water partition coefficient (Wildman–Crippen LogP) is 1.66. The largest absolute Gasteiger partial charge is 0.323 e. The Bertz CT molecular complexity index is 214. The van der Waals surface area contributed by atoms with Crippen LogP contribution in [0.1, 0.15) is 31.1 Å². The van der Waals surface area contributed by atoms with Crippen LogP contribution >= 0.6 is 0 Å². The Hall–Kier alpha value is -0.890. The van der Waals surface area contributed by atoms with Crippen molar-refractivity contribution in [2.75, 3.05) is 0 Å². The Labute approximate surface area is 67.5 Å². The van der Waals surface area contributed by atoms with Gasteiger partial charge in [-0.25, -0.2) is 0 Å². The lowest BCUT2D eigenvalue weighted by Gasteiger charge is -2.03. The number of rotatable bonds is 2. The topological polar surface area (TPSA) is 38.9 Å². The molecule has 2 N–H and O–H groups in total. The molecule has 0 radical (unpaired) electrons. The Kier molecular flexibility index (Phi) is 2.60. The van der Waals surface area contributed by atoms with Crippen molar-refractivity contribution in [1.82, 2.24) is 4.98 Å². The molecule has 0 unspecified atom stereocenters. The normalized spacial score (nSPS) is 13.0. The van der Waals surface area contributed by atoms with Crippen LogP contribution in [0.3, 0.4) is 0 Å². The second kappa shape index (κ2) is 3.49. The van der Waals surface area contributed by atoms with Gasteiger partial charge in [0.1, 0.15) is 0 Å². The van der Waals surface area contributed by atoms with E-state index in [0.717, 1.165) is 12.1 Å². The molecule has 60 valence electrons. The Morgan fingerprint density at radius 2 is 2.27 bits per heavy atom. The quantitative estimate of drug-likeness (QED) is 0.696. The lowest BCUT2D eigenvalue weighted by atomic mass is 10.2. The highest BCUT2D eigenvalue weighted by atomic mass is 14.8. The van der Waals surface area contributed by atoms with E-state index in [2.05, 4.69) is 18.0 Å². The summed E-state index contributed by atoms with van der Waals surface area (Å²) in [5.74, 6) is 0. The minimum Gasteiger partial charge on any atom is -0.323 e. The van der Waals surface area contributed by atoms with Gasteiger partial charge < -0.3 is 5.73 Å². The summed E-state index contributed by atoms with van der Waals surface area (Å²) < 4.78 is 0. The van der Waals surface area contributed by atoms with Gasteiger partial charge in [0.25, 0.3) is 0 Å². The summed E-state index contributed by atoms with van der Waals surface area (Å²) in [5.41, 5.74) is 7.86. The van der Waals surface area contributed by atoms with Crippen molar-refractivity contribution in [3.05, 3.63) is 29.6 Å². The van der Waals surface area contributed by atoms with Crippen LogP contribution in [0.2, 0.25) is 0 Å². The Balaban J connectivity index is 2.83. The first-order valence-corrected chi connectivity index (χ1v) is 3.94. The third-order valence-electron chi connectivity index (χ3n) is 1.72. The maximum absolute atomic E-state index is 5.64. The van der Waals surface area contributed by atoms with Crippen LogP contribution in [0.15, 0.2) is 18.3 Å². The van der Waals surface area contributed by atoms with Crippen LogP contribution in [0.25, 0.3) is 0 Å². The summed E-state index contributed by atoms with van der Waals surface area (Å²) in [6.07, 6.45) is 2.92. The Morgan fingerprint density at radius 3 is 2.64 bits per heavy atom. The third-order valence-corrected chi connectivity index (χ3v) is 1.72. The molecule has 0 saturated carbocycles. The van der Waals surface area contributed by atoms with Gasteiger partial charge in [-0.3, -0.25) is 4.98 Å². The van der Waals surface area contributed by atoms with Gasteiger partial charge in [0, 0.05) is 12.2 Å². The molecule has 1 aromatic heterocycles. The molecule has 2 heteroatoms. The summed E-state index contributed by atoms with van der Waals surface area (Å²) in [6, 6.07) is 4.11. The van der Waals surface area contributed by atoms with Gasteiger partial charge >= 0.3 is 0 Å². The molecular weight excluding hydrogens is 136 g/mol. The van der Waals surface area contributed by atoms with Crippen LogP contribution in [0.4, 0.5) is 0 Å². The lowest BCUT2D eigenvalue weighted by Crippen LogP contribution is -2.06. The van der Waals surface area contributed by atoms with Gasteiger partial charge in [0.2, 0.25) is 0 Å². The fourth-order valence-corrected chi connectivity index (χ4v) is 0.914. The van der Waals surface area contributed by atoms with Gasteiger partial charge in [-0.1, -0.05) is 13.0 Å². The number of aryl methyl sites for hydroxylation is 1. The molecule has 0 aromatic carbocycles. The molecule has 0 bridgehead atoms. The van der Waals surface area contributed by atoms with Gasteiger partial charge in [0.05, 0.1) is 5.69 Å². The zero-order valence-electron chi connectivity index (χ0n) is 7.04. The van der Waals surface area contributed by atoms with Crippen molar-refractivity contribution in [2.45, 2.75) is 26.3 Å². The molecule has 0 aliphatic carbocycles. The van der Waals surface area contributed by atoms with E-state index in [4.69, 9.17) is 5.73 Å². The third kappa shape index (κ3) is 2.02. The van der Waals surface area contributed by atoms with E-state index in [1.54, 1.807) is 0 Å². The molecule has 0 aliphatic heterocycles. The highest BCUT2D eigenvalue weighted by Crippen LogP contribution is 2.06. The smallest absolute Gasteiger partial charge is 0.0568 e. The molecule has 0 fully saturated rings. The second-order valence-electron chi connectivity index (χ2n) is 2.73. The maximum atomic E-state index is 5.64. The van der Waals surface area contributed by atoms with Gasteiger partial charge in [-0.05, 0) is 25.0 Å². The summed E-state index contributed by atoms with van der Waals surface area (Å²) in [4.78, 5) is 4.22. The van der Waals surface area contributed by atoms with Crippen molar-refractivity contribution >= 4 is 0 Å². The SMILES string of the molecule is CCc1ccc([C@H](C)N)nc1. The van der Waals surface area contributed by atoms with E-state index in [0.29, 0.717) is 0 Å². The highest BCUT2D eigenvalue weighted by molar-refractivity contribution is 5.15. The maximum Gasteiger partial charge on any atom is 0.0568 e. The first kappa shape index (κ1) is 8.21. The summed E-state index contributed by atoms with van der Waals surface area (Å²) in [7, 11) is 0. The molecule has 1 heterocycles. The standard InChI is InChI=1S/C9H14N2/c1-3-8-4-5-9(7(2)10)11-6-8/h4-7H,3,10H2,1-2H3/t7-/m0/s1. The summed E-state index contributed by atoms with van der Waals surface area (Å²) in [6.45, 7) is 4.05. The number of nitrogens with zero attached hydrogens (tertiary/aromatic N) is 1. The zero-order chi connectivity index (χ0) is 8.27. The zero-order valence-corrected chi connectivity index (χ0v) is 7.04. The second-order valence-corrected chi connectivity index (χ2v) is 2.73. The predicted molar refractivity (Wildman–Crippen MR) is 46.2 cm³/mol. The lowest BCUT2D eigenvalue weighted by molar-refractivity contribution is 0.778. The van der Waals surface area contributed by atoms with Crippen LogP contribution < -0.4 is 5.73 Å². The minimum absolute atomic E-state index is 0.0425. The van der Waals surface area contributed by atoms with Crippen LogP contribution in [0.5, 0.6) is 0 Å². The molecule has 11 heavy (non-hydrogen) atoms. The molecule has 1 aromatic rings. The fourth-order valence-electron chi connectivity index (χ4n) is 0.914. The number of pyridine rings is 1. The van der Waals surface area contributed by atoms with E-state index in [1.807, 2.05) is 19.2 Å². The number of hydrogen-bond acceptors (Lipinski definition) is 2. The van der Waals surface area contributed by atoms with Crippen molar-refractivity contribution in [3.63, 3.8) is 0 Å². The van der Waals surface area contributed by atoms with Crippen molar-refractivity contribution in [1.29, 1.82) is 0 Å². The molecule has 2 nitrogen and oxygen atoms in total. The van der Waals surface area contributed by atoms with E-state index >= 15 is 0 Å². The first-order valence-electron chi connectivity index (χ1n) is 3.94. The summed E-state index contributed by atoms with van der Waals surface area (Å²) >= 11 is 0. The minimum atomic E-state index is 0.0425. The first-order chi connectivity index (χ1) is 5.24. The number of aromatic nitrogens is 1. The average molecular weight is 150 g/mol. The molecule has 0 amide bonds. The van der Waals surface area contributed by atoms with Crippen molar-refractivity contribution in [2.24, 2.45) is 5.73 Å². The molecule has 1 rings (SSSR count). The van der Waals surface area contributed by atoms with Crippen molar-refractivity contribution in [3.8, 4) is 0 Å². The Morgan fingerprint density at radius 1 is 1.55 bits per heavy atom. The van der Waals surface area contributed by atoms with E-state index in [9.17, 15) is 0 Å². The molecule has 1 atom stereocenters. The molecule has 0 spiro atoms. The van der Waals surface area contributed by atoms with Gasteiger partial charge in [-0.2, -0.15) is 0 Å². The van der Waals surface area contributed by atoms with E-state index in [1.165, 1.54) is 5.56 Å². The average Bonchev–Trinajstić information content (AvgIpc) is 2.05. The number of hydrogen-bond donors (Lipinski definition) is 1. The highest BCUT2D eigenvalue weighted by Gasteiger charge is 1.98. The van der Waals surface area contributed by atoms with Crippen LogP contribution in [0, 0.1) is 0 Å². The molecule has 0 aliphatic rings. The fraction of sp³-hybridized carbons (Fsp3) is 0.444. The molecule has 0 saturated heterocycles. The van der Waals surface area contributed by atoms with Gasteiger partial charge in [0.15, 0.2) is 0 Å².